The summed E-state index contributed by atoms with van der Waals surface area (Å²) in [5, 5.41) is 4.31. The van der Waals surface area contributed by atoms with Gasteiger partial charge in [0.05, 0.1) is 24.5 Å². The van der Waals surface area contributed by atoms with Gasteiger partial charge in [-0.25, -0.2) is 0 Å². The van der Waals surface area contributed by atoms with E-state index in [1.165, 1.54) is 0 Å². The molecule has 2 aromatic rings. The van der Waals surface area contributed by atoms with Gasteiger partial charge < -0.3 is 10.5 Å². The first-order valence-corrected chi connectivity index (χ1v) is 5.52. The summed E-state index contributed by atoms with van der Waals surface area (Å²) in [6.07, 6.45) is 0. The maximum absolute atomic E-state index is 6.24. The molecule has 1 atom stereocenters. The van der Waals surface area contributed by atoms with Crippen molar-refractivity contribution in [1.82, 2.24) is 9.78 Å². The van der Waals surface area contributed by atoms with Crippen LogP contribution in [0.4, 0.5) is 0 Å². The highest BCUT2D eigenvalue weighted by Crippen LogP contribution is 2.23. The zero-order chi connectivity index (χ0) is 12.4. The Morgan fingerprint density at radius 3 is 2.71 bits per heavy atom. The second-order valence-electron chi connectivity index (χ2n) is 4.09. The molecule has 4 heteroatoms. The van der Waals surface area contributed by atoms with Crippen LogP contribution in [0.2, 0.25) is 0 Å². The Bertz CT molecular complexity index is 519. The fourth-order valence-electron chi connectivity index (χ4n) is 1.93. The van der Waals surface area contributed by atoms with E-state index in [4.69, 9.17) is 10.5 Å². The number of aromatic nitrogens is 2. The van der Waals surface area contributed by atoms with Crippen molar-refractivity contribution in [3.05, 3.63) is 47.3 Å². The summed E-state index contributed by atoms with van der Waals surface area (Å²) in [5.74, 6) is 0.817. The van der Waals surface area contributed by atoms with Crippen LogP contribution in [0.15, 0.2) is 30.3 Å². The Kier molecular flexibility index (Phi) is 3.15. The first-order valence-electron chi connectivity index (χ1n) is 5.52. The molecule has 1 aromatic carbocycles. The molecular weight excluding hydrogens is 214 g/mol. The maximum Gasteiger partial charge on any atom is 0.119 e. The Hall–Kier alpha value is -1.81. The average Bonchev–Trinajstić information content (AvgIpc) is 2.67. The minimum atomic E-state index is -0.184. The third-order valence-corrected chi connectivity index (χ3v) is 2.81. The first kappa shape index (κ1) is 11.7. The van der Waals surface area contributed by atoms with Gasteiger partial charge in [0.15, 0.2) is 0 Å². The highest BCUT2D eigenvalue weighted by atomic mass is 16.5. The van der Waals surface area contributed by atoms with Gasteiger partial charge in [-0.1, -0.05) is 12.1 Å². The molecule has 0 radical (unpaired) electrons. The molecule has 0 spiro atoms. The molecule has 0 amide bonds. The Morgan fingerprint density at radius 1 is 1.35 bits per heavy atom. The van der Waals surface area contributed by atoms with Gasteiger partial charge in [0.2, 0.25) is 0 Å². The van der Waals surface area contributed by atoms with Crippen molar-refractivity contribution in [3.63, 3.8) is 0 Å². The van der Waals surface area contributed by atoms with Crippen molar-refractivity contribution in [2.45, 2.75) is 13.0 Å². The lowest BCUT2D eigenvalue weighted by Crippen LogP contribution is -2.15. The van der Waals surface area contributed by atoms with E-state index in [0.29, 0.717) is 0 Å². The molecule has 0 fully saturated rings. The maximum atomic E-state index is 6.24. The van der Waals surface area contributed by atoms with Gasteiger partial charge >= 0.3 is 0 Å². The second-order valence-corrected chi connectivity index (χ2v) is 4.09. The fourth-order valence-corrected chi connectivity index (χ4v) is 1.93. The second kappa shape index (κ2) is 4.59. The molecular formula is C13H17N3O. The zero-order valence-corrected chi connectivity index (χ0v) is 10.3. The van der Waals surface area contributed by atoms with Crippen LogP contribution in [0.1, 0.15) is 23.0 Å². The van der Waals surface area contributed by atoms with E-state index in [2.05, 4.69) is 5.10 Å². The van der Waals surface area contributed by atoms with E-state index in [1.54, 1.807) is 7.11 Å². The predicted octanol–water partition coefficient (Wildman–Crippen LogP) is 1.79. The van der Waals surface area contributed by atoms with E-state index in [0.717, 1.165) is 22.7 Å². The van der Waals surface area contributed by atoms with E-state index in [1.807, 2.05) is 49.0 Å². The van der Waals surface area contributed by atoms with Crippen LogP contribution in [0.5, 0.6) is 5.75 Å². The molecule has 2 rings (SSSR count). The molecule has 0 saturated carbocycles. The quantitative estimate of drug-likeness (QED) is 0.876. The molecule has 0 saturated heterocycles. The Balaban J connectivity index is 2.36. The smallest absolute Gasteiger partial charge is 0.119 e. The summed E-state index contributed by atoms with van der Waals surface area (Å²) in [4.78, 5) is 0. The summed E-state index contributed by atoms with van der Waals surface area (Å²) < 4.78 is 7.02. The number of aryl methyl sites for hydroxylation is 2. The van der Waals surface area contributed by atoms with Crippen LogP contribution < -0.4 is 10.5 Å². The molecule has 17 heavy (non-hydrogen) atoms. The van der Waals surface area contributed by atoms with Crippen molar-refractivity contribution in [3.8, 4) is 5.75 Å². The molecule has 0 bridgehead atoms. The number of nitrogens with zero attached hydrogens (tertiary/aromatic N) is 2. The summed E-state index contributed by atoms with van der Waals surface area (Å²) in [6, 6.07) is 9.62. The molecule has 1 unspecified atom stereocenters. The normalized spacial score (nSPS) is 12.5. The number of rotatable bonds is 3. The largest absolute Gasteiger partial charge is 0.497 e. The summed E-state index contributed by atoms with van der Waals surface area (Å²) in [7, 11) is 3.56. The van der Waals surface area contributed by atoms with Gasteiger partial charge in [-0.05, 0) is 30.7 Å². The molecule has 4 nitrogen and oxygen atoms in total. The topological polar surface area (TPSA) is 53.1 Å². The highest BCUT2D eigenvalue weighted by Gasteiger charge is 2.14. The lowest BCUT2D eigenvalue weighted by Gasteiger charge is -2.13. The summed E-state index contributed by atoms with van der Waals surface area (Å²) in [5.41, 5.74) is 9.23. The lowest BCUT2D eigenvalue weighted by atomic mass is 10.0. The molecule has 0 aliphatic rings. The van der Waals surface area contributed by atoms with Gasteiger partial charge in [-0.2, -0.15) is 5.10 Å². The fraction of sp³-hybridized carbons (Fsp3) is 0.308. The standard InChI is InChI=1S/C13H17N3O/c1-9-7-12(16(2)15-9)13(14)10-5-4-6-11(8-10)17-3/h4-8,13H,14H2,1-3H3. The third kappa shape index (κ3) is 2.31. The third-order valence-electron chi connectivity index (χ3n) is 2.81. The minimum Gasteiger partial charge on any atom is -0.497 e. The van der Waals surface area contributed by atoms with Crippen molar-refractivity contribution in [1.29, 1.82) is 0 Å². The lowest BCUT2D eigenvalue weighted by molar-refractivity contribution is 0.414. The van der Waals surface area contributed by atoms with Crippen LogP contribution in [0, 0.1) is 6.92 Å². The van der Waals surface area contributed by atoms with E-state index >= 15 is 0 Å². The van der Waals surface area contributed by atoms with Crippen LogP contribution in [-0.2, 0) is 7.05 Å². The number of methoxy groups -OCH3 is 1. The van der Waals surface area contributed by atoms with Gasteiger partial charge in [0.1, 0.15) is 5.75 Å². The van der Waals surface area contributed by atoms with Crippen LogP contribution in [0.25, 0.3) is 0 Å². The highest BCUT2D eigenvalue weighted by molar-refractivity contribution is 5.34. The van der Waals surface area contributed by atoms with E-state index in [9.17, 15) is 0 Å². The predicted molar refractivity (Wildman–Crippen MR) is 67.0 cm³/mol. The van der Waals surface area contributed by atoms with E-state index < -0.39 is 0 Å². The van der Waals surface area contributed by atoms with Crippen LogP contribution in [-0.4, -0.2) is 16.9 Å². The average molecular weight is 231 g/mol. The molecule has 0 aliphatic carbocycles. The van der Waals surface area contributed by atoms with Crippen LogP contribution in [0.3, 0.4) is 0 Å². The van der Waals surface area contributed by atoms with Crippen LogP contribution >= 0.6 is 0 Å². The monoisotopic (exact) mass is 231 g/mol. The zero-order valence-electron chi connectivity index (χ0n) is 10.3. The summed E-state index contributed by atoms with van der Waals surface area (Å²) >= 11 is 0. The molecule has 0 aliphatic heterocycles. The number of nitrogens with two attached hydrogens (primary N) is 1. The van der Waals surface area contributed by atoms with Gasteiger partial charge in [-0.15, -0.1) is 0 Å². The first-order chi connectivity index (χ1) is 8.11. The van der Waals surface area contributed by atoms with Gasteiger partial charge in [0, 0.05) is 7.05 Å². The Morgan fingerprint density at radius 2 is 2.12 bits per heavy atom. The molecule has 90 valence electrons. The molecule has 1 heterocycles. The van der Waals surface area contributed by atoms with Gasteiger partial charge in [-0.3, -0.25) is 4.68 Å². The number of hydrogen-bond donors (Lipinski definition) is 1. The van der Waals surface area contributed by atoms with Crippen molar-refractivity contribution in [2.75, 3.05) is 7.11 Å². The number of hydrogen-bond acceptors (Lipinski definition) is 3. The number of benzene rings is 1. The number of ether oxygens (including phenoxy) is 1. The molecule has 1 aromatic heterocycles. The van der Waals surface area contributed by atoms with Crippen molar-refractivity contribution >= 4 is 0 Å². The Labute approximate surface area is 101 Å². The van der Waals surface area contributed by atoms with Crippen molar-refractivity contribution in [2.24, 2.45) is 12.8 Å². The van der Waals surface area contributed by atoms with Gasteiger partial charge in [0.25, 0.3) is 0 Å². The molecule has 2 N–H and O–H groups in total. The van der Waals surface area contributed by atoms with E-state index in [-0.39, 0.29) is 6.04 Å². The summed E-state index contributed by atoms with van der Waals surface area (Å²) in [6.45, 7) is 1.96. The van der Waals surface area contributed by atoms with Crippen molar-refractivity contribution < 1.29 is 4.74 Å². The minimum absolute atomic E-state index is 0.184. The SMILES string of the molecule is COc1cccc(C(N)c2cc(C)nn2C)c1.